The van der Waals surface area contributed by atoms with Crippen molar-refractivity contribution in [2.45, 2.75) is 60.3 Å². The van der Waals surface area contributed by atoms with Gasteiger partial charge in [-0.2, -0.15) is 0 Å². The maximum atomic E-state index is 12.9. The number of allylic oxidation sites excluding steroid dienone is 5. The molecule has 1 aliphatic rings. The van der Waals surface area contributed by atoms with Gasteiger partial charge in [-0.1, -0.05) is 30.2 Å². The van der Waals surface area contributed by atoms with Crippen LogP contribution < -0.4 is 0 Å². The fourth-order valence-corrected chi connectivity index (χ4v) is 3.33. The molecule has 128 valence electrons. The molecule has 3 nitrogen and oxygen atoms in total. The summed E-state index contributed by atoms with van der Waals surface area (Å²) in [5.74, 6) is -0.548. The molecule has 0 N–H and O–H groups in total. The lowest BCUT2D eigenvalue weighted by molar-refractivity contribution is -0.167. The van der Waals surface area contributed by atoms with Crippen LogP contribution in [-0.2, 0) is 14.3 Å². The van der Waals surface area contributed by atoms with E-state index in [0.29, 0.717) is 12.8 Å². The summed E-state index contributed by atoms with van der Waals surface area (Å²) in [6, 6.07) is 0. The molecular weight excluding hydrogens is 288 g/mol. The predicted octanol–water partition coefficient (Wildman–Crippen LogP) is 4.78. The Morgan fingerprint density at radius 2 is 2.13 bits per heavy atom. The van der Waals surface area contributed by atoms with Crippen LogP contribution in [-0.4, -0.2) is 18.4 Å². The van der Waals surface area contributed by atoms with Gasteiger partial charge in [0, 0.05) is 5.41 Å². The molecule has 0 unspecified atom stereocenters. The molecule has 0 fully saturated rings. The standard InChI is InChI=1S/C20H30O3/c1-7-19(6,12-9-10-15(3)4)20(18(22)23-8-2)13-11-16(5)14-17(20)21/h7,10,14H,1,8-9,11-13H2,2-6H3/t19-,20+/m1/s1. The number of ether oxygens (including phenoxy) is 1. The first-order valence-corrected chi connectivity index (χ1v) is 8.39. The summed E-state index contributed by atoms with van der Waals surface area (Å²) in [6.45, 7) is 14.0. The van der Waals surface area contributed by atoms with Crippen LogP contribution in [0.15, 0.2) is 36.0 Å². The number of hydrogen-bond acceptors (Lipinski definition) is 3. The highest BCUT2D eigenvalue weighted by Crippen LogP contribution is 2.51. The van der Waals surface area contributed by atoms with Crippen LogP contribution in [0.5, 0.6) is 0 Å². The van der Waals surface area contributed by atoms with Crippen LogP contribution in [0.1, 0.15) is 60.3 Å². The second-order valence-electron chi connectivity index (χ2n) is 6.92. The van der Waals surface area contributed by atoms with Crippen molar-refractivity contribution in [2.75, 3.05) is 6.61 Å². The first kappa shape index (κ1) is 19.4. The van der Waals surface area contributed by atoms with Crippen LogP contribution in [0.4, 0.5) is 0 Å². The topological polar surface area (TPSA) is 43.4 Å². The Hall–Kier alpha value is -1.64. The molecule has 1 rings (SSSR count). The molecule has 0 aliphatic heterocycles. The lowest BCUT2D eigenvalue weighted by atomic mass is 9.56. The van der Waals surface area contributed by atoms with Crippen LogP contribution in [0.2, 0.25) is 0 Å². The van der Waals surface area contributed by atoms with Gasteiger partial charge in [0.1, 0.15) is 5.41 Å². The van der Waals surface area contributed by atoms with E-state index >= 15 is 0 Å². The molecule has 0 bridgehead atoms. The number of esters is 1. The van der Waals surface area contributed by atoms with Crippen LogP contribution in [0, 0.1) is 10.8 Å². The number of carbonyl (C=O) groups is 2. The quantitative estimate of drug-likeness (QED) is 0.385. The second-order valence-corrected chi connectivity index (χ2v) is 6.92. The van der Waals surface area contributed by atoms with Crippen LogP contribution in [0.25, 0.3) is 0 Å². The molecule has 0 spiro atoms. The minimum atomic E-state index is -1.15. The minimum Gasteiger partial charge on any atom is -0.465 e. The summed E-state index contributed by atoms with van der Waals surface area (Å²) in [5.41, 5.74) is 0.470. The van der Waals surface area contributed by atoms with Crippen LogP contribution in [0.3, 0.4) is 0 Å². The van der Waals surface area contributed by atoms with E-state index in [1.807, 2.05) is 27.7 Å². The summed E-state index contributed by atoms with van der Waals surface area (Å²) in [5, 5.41) is 0. The van der Waals surface area contributed by atoms with Gasteiger partial charge in [0.25, 0.3) is 0 Å². The number of rotatable bonds is 7. The molecule has 1 aliphatic carbocycles. The van der Waals surface area contributed by atoms with Gasteiger partial charge >= 0.3 is 5.97 Å². The van der Waals surface area contributed by atoms with Gasteiger partial charge in [0.2, 0.25) is 0 Å². The molecule has 0 saturated carbocycles. The largest absolute Gasteiger partial charge is 0.465 e. The molecule has 0 heterocycles. The van der Waals surface area contributed by atoms with Crippen molar-refractivity contribution in [3.8, 4) is 0 Å². The van der Waals surface area contributed by atoms with E-state index in [-0.39, 0.29) is 12.4 Å². The maximum Gasteiger partial charge on any atom is 0.320 e. The van der Waals surface area contributed by atoms with Crippen LogP contribution >= 0.6 is 0 Å². The van der Waals surface area contributed by atoms with Gasteiger partial charge in [-0.25, -0.2) is 0 Å². The molecule has 23 heavy (non-hydrogen) atoms. The molecular formula is C20H30O3. The van der Waals surface area contributed by atoms with Gasteiger partial charge in [0.05, 0.1) is 6.61 Å². The Morgan fingerprint density at radius 1 is 1.48 bits per heavy atom. The third-order valence-corrected chi connectivity index (χ3v) is 4.96. The van der Waals surface area contributed by atoms with E-state index in [1.54, 1.807) is 19.1 Å². The average Bonchev–Trinajstić information content (AvgIpc) is 2.47. The predicted molar refractivity (Wildman–Crippen MR) is 94.0 cm³/mol. The summed E-state index contributed by atoms with van der Waals surface area (Å²) < 4.78 is 5.31. The Labute approximate surface area is 140 Å². The molecule has 0 radical (unpaired) electrons. The third kappa shape index (κ3) is 3.82. The highest BCUT2D eigenvalue weighted by atomic mass is 16.5. The van der Waals surface area contributed by atoms with E-state index in [0.717, 1.165) is 18.4 Å². The van der Waals surface area contributed by atoms with Crippen molar-refractivity contribution < 1.29 is 14.3 Å². The van der Waals surface area contributed by atoms with Gasteiger partial charge in [0.15, 0.2) is 5.78 Å². The van der Waals surface area contributed by atoms with Crippen molar-refractivity contribution >= 4 is 11.8 Å². The molecule has 0 aromatic heterocycles. The van der Waals surface area contributed by atoms with Gasteiger partial charge in [-0.15, -0.1) is 6.58 Å². The Morgan fingerprint density at radius 3 is 2.61 bits per heavy atom. The monoisotopic (exact) mass is 318 g/mol. The van der Waals surface area contributed by atoms with E-state index in [1.165, 1.54) is 5.57 Å². The summed E-state index contributed by atoms with van der Waals surface area (Å²) in [7, 11) is 0. The smallest absolute Gasteiger partial charge is 0.320 e. The van der Waals surface area contributed by atoms with E-state index < -0.39 is 16.8 Å². The molecule has 0 amide bonds. The van der Waals surface area contributed by atoms with Gasteiger partial charge in [-0.3, -0.25) is 9.59 Å². The zero-order valence-corrected chi connectivity index (χ0v) is 15.2. The third-order valence-electron chi connectivity index (χ3n) is 4.96. The molecule has 3 heteroatoms. The first-order valence-electron chi connectivity index (χ1n) is 8.39. The molecule has 0 aromatic carbocycles. The molecule has 0 aromatic rings. The highest BCUT2D eigenvalue weighted by molar-refractivity contribution is 6.11. The summed E-state index contributed by atoms with van der Waals surface area (Å²) >= 11 is 0. The normalized spacial score (nSPS) is 23.5. The number of hydrogen-bond donors (Lipinski definition) is 0. The maximum absolute atomic E-state index is 12.9. The van der Waals surface area contributed by atoms with Crippen molar-refractivity contribution in [1.82, 2.24) is 0 Å². The zero-order valence-electron chi connectivity index (χ0n) is 15.2. The van der Waals surface area contributed by atoms with Crippen molar-refractivity contribution in [3.63, 3.8) is 0 Å². The molecule has 2 atom stereocenters. The highest BCUT2D eigenvalue weighted by Gasteiger charge is 2.58. The summed E-state index contributed by atoms with van der Waals surface area (Å²) in [4.78, 5) is 25.7. The Bertz CT molecular complexity index is 537. The lowest BCUT2D eigenvalue weighted by Crippen LogP contribution is -2.52. The fraction of sp³-hybridized carbons (Fsp3) is 0.600. The Balaban J connectivity index is 3.31. The van der Waals surface area contributed by atoms with Gasteiger partial charge in [-0.05, 0) is 59.5 Å². The summed E-state index contributed by atoms with van der Waals surface area (Å²) in [6.07, 6.45) is 8.25. The van der Waals surface area contributed by atoms with Crippen molar-refractivity contribution in [2.24, 2.45) is 10.8 Å². The number of carbonyl (C=O) groups excluding carboxylic acids is 2. The van der Waals surface area contributed by atoms with Crippen molar-refractivity contribution in [1.29, 1.82) is 0 Å². The lowest BCUT2D eigenvalue weighted by Gasteiger charge is -2.45. The minimum absolute atomic E-state index is 0.140. The van der Waals surface area contributed by atoms with E-state index in [9.17, 15) is 9.59 Å². The van der Waals surface area contributed by atoms with E-state index in [2.05, 4.69) is 12.7 Å². The molecule has 0 saturated heterocycles. The van der Waals surface area contributed by atoms with Gasteiger partial charge < -0.3 is 4.74 Å². The second kappa shape index (κ2) is 7.76. The SMILES string of the molecule is C=C[C@](C)(CCC=C(C)C)[C@@]1(C(=O)OCC)CCC(C)=CC1=O. The van der Waals surface area contributed by atoms with Crippen molar-refractivity contribution in [3.05, 3.63) is 36.0 Å². The average molecular weight is 318 g/mol. The van der Waals surface area contributed by atoms with E-state index in [4.69, 9.17) is 4.74 Å². The zero-order chi connectivity index (χ0) is 17.7. The fourth-order valence-electron chi connectivity index (χ4n) is 3.33. The Kier molecular flexibility index (Phi) is 6.55. The first-order chi connectivity index (χ1) is 10.7. The number of ketones is 1.